The van der Waals surface area contributed by atoms with Crippen LogP contribution >= 0.6 is 12.4 Å². The summed E-state index contributed by atoms with van der Waals surface area (Å²) >= 11 is 0. The van der Waals surface area contributed by atoms with Crippen LogP contribution < -0.4 is 5.73 Å². The molecule has 0 aromatic heterocycles. The number of piperidine rings is 1. The van der Waals surface area contributed by atoms with Crippen molar-refractivity contribution < 1.29 is 17.9 Å². The second kappa shape index (κ2) is 8.33. The fraction of sp³-hybridized carbons (Fsp3) is 0.625. The van der Waals surface area contributed by atoms with Crippen LogP contribution in [0.3, 0.4) is 0 Å². The van der Waals surface area contributed by atoms with E-state index in [0.29, 0.717) is 18.7 Å². The minimum absolute atomic E-state index is 0. The van der Waals surface area contributed by atoms with E-state index < -0.39 is 11.7 Å². The van der Waals surface area contributed by atoms with E-state index >= 15 is 0 Å². The van der Waals surface area contributed by atoms with E-state index in [-0.39, 0.29) is 24.6 Å². The maximum absolute atomic E-state index is 12.7. The van der Waals surface area contributed by atoms with E-state index in [1.807, 2.05) is 0 Å². The third-order valence-corrected chi connectivity index (χ3v) is 4.44. The minimum atomic E-state index is -4.29. The van der Waals surface area contributed by atoms with Crippen LogP contribution in [0.4, 0.5) is 13.2 Å². The molecule has 2 rings (SSSR count). The Labute approximate surface area is 141 Å². The highest BCUT2D eigenvalue weighted by Crippen LogP contribution is 2.31. The van der Waals surface area contributed by atoms with Gasteiger partial charge in [-0.05, 0) is 43.0 Å². The molecule has 132 valence electrons. The normalized spacial score (nSPS) is 22.7. The van der Waals surface area contributed by atoms with Gasteiger partial charge in [0.05, 0.1) is 11.7 Å². The van der Waals surface area contributed by atoms with E-state index in [9.17, 15) is 13.2 Å². The zero-order valence-electron chi connectivity index (χ0n) is 13.4. The van der Waals surface area contributed by atoms with Crippen molar-refractivity contribution in [3.63, 3.8) is 0 Å². The smallest absolute Gasteiger partial charge is 0.381 e. The third-order valence-electron chi connectivity index (χ3n) is 4.44. The molecule has 1 heterocycles. The van der Waals surface area contributed by atoms with Gasteiger partial charge in [-0.25, -0.2) is 0 Å². The van der Waals surface area contributed by atoms with Crippen molar-refractivity contribution in [1.29, 1.82) is 0 Å². The first kappa shape index (κ1) is 20.2. The molecule has 1 aliphatic rings. The molecule has 0 amide bonds. The van der Waals surface area contributed by atoms with Crippen LogP contribution in [-0.2, 0) is 17.5 Å². The van der Waals surface area contributed by atoms with E-state index in [2.05, 4.69) is 4.90 Å². The number of nitrogens with two attached hydrogens (primary N) is 1. The number of ether oxygens (including phenoxy) is 1. The second-order valence-corrected chi connectivity index (χ2v) is 5.88. The second-order valence-electron chi connectivity index (χ2n) is 5.88. The number of hydrogen-bond acceptors (Lipinski definition) is 3. The van der Waals surface area contributed by atoms with Crippen molar-refractivity contribution in [2.24, 2.45) is 5.73 Å². The van der Waals surface area contributed by atoms with Gasteiger partial charge in [0.25, 0.3) is 0 Å². The lowest BCUT2D eigenvalue weighted by molar-refractivity contribution is -0.137. The van der Waals surface area contributed by atoms with Crippen molar-refractivity contribution in [3.8, 4) is 0 Å². The molecule has 1 aromatic rings. The summed E-state index contributed by atoms with van der Waals surface area (Å²) in [6.07, 6.45) is -2.28. The minimum Gasteiger partial charge on any atom is -0.381 e. The molecule has 7 heteroatoms. The van der Waals surface area contributed by atoms with Gasteiger partial charge in [0.15, 0.2) is 0 Å². The van der Waals surface area contributed by atoms with Crippen LogP contribution in [-0.4, -0.2) is 37.2 Å². The zero-order valence-corrected chi connectivity index (χ0v) is 14.2. The largest absolute Gasteiger partial charge is 0.416 e. The summed E-state index contributed by atoms with van der Waals surface area (Å²) in [5.74, 6) is 0. The zero-order chi connectivity index (χ0) is 16.3. The van der Waals surface area contributed by atoms with Gasteiger partial charge in [-0.2, -0.15) is 13.2 Å². The van der Waals surface area contributed by atoms with Crippen LogP contribution in [0.1, 0.15) is 29.5 Å². The van der Waals surface area contributed by atoms with Gasteiger partial charge in [-0.15, -0.1) is 12.4 Å². The van der Waals surface area contributed by atoms with Crippen LogP contribution in [0.25, 0.3) is 0 Å². The first-order chi connectivity index (χ1) is 10.3. The monoisotopic (exact) mass is 352 g/mol. The lowest BCUT2D eigenvalue weighted by atomic mass is 9.97. The Hall–Kier alpha value is -0.820. The Morgan fingerprint density at radius 2 is 2.04 bits per heavy atom. The molecular weight excluding hydrogens is 329 g/mol. The van der Waals surface area contributed by atoms with Crippen LogP contribution in [0, 0.1) is 6.92 Å². The number of aryl methyl sites for hydroxylation is 1. The molecule has 1 aromatic carbocycles. The van der Waals surface area contributed by atoms with Gasteiger partial charge in [0.1, 0.15) is 0 Å². The van der Waals surface area contributed by atoms with Gasteiger partial charge in [0.2, 0.25) is 0 Å². The first-order valence-corrected chi connectivity index (χ1v) is 7.48. The van der Waals surface area contributed by atoms with Crippen molar-refractivity contribution in [2.45, 2.75) is 44.6 Å². The Balaban J connectivity index is 0.00000264. The molecule has 0 saturated carbocycles. The van der Waals surface area contributed by atoms with Crippen LogP contribution in [0.5, 0.6) is 0 Å². The highest BCUT2D eigenvalue weighted by atomic mass is 35.5. The van der Waals surface area contributed by atoms with E-state index in [0.717, 1.165) is 31.0 Å². The summed E-state index contributed by atoms with van der Waals surface area (Å²) in [6, 6.07) is 4.16. The van der Waals surface area contributed by atoms with Crippen molar-refractivity contribution in [1.82, 2.24) is 4.90 Å². The number of benzene rings is 1. The maximum atomic E-state index is 12.7. The van der Waals surface area contributed by atoms with Gasteiger partial charge in [-0.3, -0.25) is 4.90 Å². The molecule has 3 nitrogen and oxygen atoms in total. The summed E-state index contributed by atoms with van der Waals surface area (Å²) in [6.45, 7) is 3.73. The van der Waals surface area contributed by atoms with Gasteiger partial charge in [0, 0.05) is 32.8 Å². The summed E-state index contributed by atoms with van der Waals surface area (Å²) in [5.41, 5.74) is 6.83. The predicted octanol–water partition coefficient (Wildman–Crippen LogP) is 3.37. The van der Waals surface area contributed by atoms with Gasteiger partial charge < -0.3 is 10.5 Å². The van der Waals surface area contributed by atoms with Crippen molar-refractivity contribution >= 4 is 12.4 Å². The average molecular weight is 353 g/mol. The molecule has 2 N–H and O–H groups in total. The van der Waals surface area contributed by atoms with E-state index in [4.69, 9.17) is 10.5 Å². The number of likely N-dealkylation sites (tertiary alicyclic amines) is 1. The molecule has 23 heavy (non-hydrogen) atoms. The van der Waals surface area contributed by atoms with Crippen molar-refractivity contribution in [2.75, 3.05) is 20.2 Å². The maximum Gasteiger partial charge on any atom is 0.416 e. The lowest BCUT2D eigenvalue weighted by Crippen LogP contribution is -2.48. The van der Waals surface area contributed by atoms with Gasteiger partial charge in [-0.1, -0.05) is 6.07 Å². The molecule has 1 fully saturated rings. The molecule has 1 saturated heterocycles. The lowest BCUT2D eigenvalue weighted by Gasteiger charge is -2.38. The molecule has 1 aliphatic heterocycles. The topological polar surface area (TPSA) is 38.5 Å². The molecule has 0 bridgehead atoms. The Kier molecular flexibility index (Phi) is 7.32. The fourth-order valence-corrected chi connectivity index (χ4v) is 3.00. The van der Waals surface area contributed by atoms with Gasteiger partial charge >= 0.3 is 6.18 Å². The van der Waals surface area contributed by atoms with Crippen molar-refractivity contribution in [3.05, 3.63) is 34.9 Å². The number of nitrogens with zero attached hydrogens (tertiary/aromatic N) is 1. The molecule has 0 spiro atoms. The molecule has 0 radical (unpaired) electrons. The highest BCUT2D eigenvalue weighted by Gasteiger charge is 2.31. The standard InChI is InChI=1S/C16H23F3N2O.ClH/c1-11-7-13(16(17,18)19)4-3-12(11)10-21-6-5-15(22-2)8-14(21)9-20;/h3-4,7,14-15H,5-6,8-10,20H2,1-2H3;1H. The quantitative estimate of drug-likeness (QED) is 0.903. The molecular formula is C16H24ClF3N2O. The Morgan fingerprint density at radius 3 is 2.57 bits per heavy atom. The number of hydrogen-bond donors (Lipinski definition) is 1. The highest BCUT2D eigenvalue weighted by molar-refractivity contribution is 5.85. The summed E-state index contributed by atoms with van der Waals surface area (Å²) in [5, 5.41) is 0. The van der Waals surface area contributed by atoms with Crippen LogP contribution in [0.2, 0.25) is 0 Å². The first-order valence-electron chi connectivity index (χ1n) is 7.48. The SMILES string of the molecule is COC1CCN(Cc2ccc(C(F)(F)F)cc2C)C(CN)C1.Cl. The molecule has 2 unspecified atom stereocenters. The van der Waals surface area contributed by atoms with Crippen LogP contribution in [0.15, 0.2) is 18.2 Å². The summed E-state index contributed by atoms with van der Waals surface area (Å²) in [4.78, 5) is 2.24. The Morgan fingerprint density at radius 1 is 1.35 bits per heavy atom. The summed E-state index contributed by atoms with van der Waals surface area (Å²) < 4.78 is 43.5. The predicted molar refractivity (Wildman–Crippen MR) is 86.7 cm³/mol. The average Bonchev–Trinajstić information content (AvgIpc) is 2.48. The molecule has 2 atom stereocenters. The number of rotatable bonds is 4. The third kappa shape index (κ3) is 5.08. The van der Waals surface area contributed by atoms with E-state index in [1.54, 1.807) is 20.1 Å². The number of alkyl halides is 3. The molecule has 0 aliphatic carbocycles. The number of halogens is 4. The fourth-order valence-electron chi connectivity index (χ4n) is 3.00. The van der Waals surface area contributed by atoms with E-state index in [1.165, 1.54) is 6.07 Å². The Bertz CT molecular complexity index is 511. The summed E-state index contributed by atoms with van der Waals surface area (Å²) in [7, 11) is 1.70. The number of methoxy groups -OCH3 is 1.